The molecule has 0 aliphatic carbocycles. The molecule has 158 valence electrons. The van der Waals surface area contributed by atoms with Crippen molar-refractivity contribution >= 4 is 53.9 Å². The zero-order valence-electron chi connectivity index (χ0n) is 15.5. The minimum Gasteiger partial charge on any atom is -0.480 e. The van der Waals surface area contributed by atoms with Crippen LogP contribution in [-0.2, 0) is 19.1 Å². The molecule has 2 rings (SSSR count). The lowest BCUT2D eigenvalue weighted by molar-refractivity contribution is -0.158. The number of ether oxygens (including phenoxy) is 3. The molecule has 0 aromatic heterocycles. The number of hydrogen-bond acceptors (Lipinski definition) is 8. The van der Waals surface area contributed by atoms with Crippen molar-refractivity contribution in [2.24, 2.45) is 0 Å². The third-order valence-electron chi connectivity index (χ3n) is 3.85. The van der Waals surface area contributed by atoms with Gasteiger partial charge in [0.05, 0.1) is 17.8 Å². The fraction of sp³-hybridized carbons (Fsp3) is 0.375. The molecule has 1 aromatic rings. The molecule has 1 fully saturated rings. The first kappa shape index (κ1) is 22.6. The van der Waals surface area contributed by atoms with Crippen molar-refractivity contribution in [3.05, 3.63) is 23.0 Å². The molecule has 0 atom stereocenters. The van der Waals surface area contributed by atoms with E-state index >= 15 is 0 Å². The molecule has 0 bridgehead atoms. The lowest BCUT2D eigenvalue weighted by Gasteiger charge is -2.41. The third-order valence-corrected chi connectivity index (χ3v) is 4.83. The number of halogens is 2. The zero-order chi connectivity index (χ0) is 21.9. The molecule has 1 heterocycles. The maximum atomic E-state index is 14.5. The summed E-state index contributed by atoms with van der Waals surface area (Å²) in [6.45, 7) is -1.27. The highest BCUT2D eigenvalue weighted by Gasteiger charge is 2.41. The van der Waals surface area contributed by atoms with E-state index in [1.54, 1.807) is 0 Å². The lowest BCUT2D eigenvalue weighted by atomic mass is 10.2. The summed E-state index contributed by atoms with van der Waals surface area (Å²) in [6.07, 6.45) is 0. The van der Waals surface area contributed by atoms with E-state index in [4.69, 9.17) is 16.3 Å². The first-order chi connectivity index (χ1) is 13.6. The van der Waals surface area contributed by atoms with Crippen LogP contribution in [0.5, 0.6) is 5.75 Å². The van der Waals surface area contributed by atoms with Gasteiger partial charge in [-0.3, -0.25) is 9.80 Å². The Bertz CT molecular complexity index is 834. The molecule has 1 aliphatic heterocycles. The van der Waals surface area contributed by atoms with E-state index in [0.29, 0.717) is 4.90 Å². The number of carbonyl (C=O) groups is 4. The molecule has 4 amide bonds. The first-order valence-corrected chi connectivity index (χ1v) is 8.84. The monoisotopic (exact) mass is 449 g/mol. The van der Waals surface area contributed by atoms with Gasteiger partial charge in [0.1, 0.15) is 11.6 Å². The van der Waals surface area contributed by atoms with E-state index in [1.165, 1.54) is 14.1 Å². The van der Waals surface area contributed by atoms with Crippen molar-refractivity contribution in [3.63, 3.8) is 0 Å². The van der Waals surface area contributed by atoms with Crippen LogP contribution in [0.4, 0.5) is 19.7 Å². The molecule has 1 saturated heterocycles. The maximum Gasteiger partial charge on any atom is 0.344 e. The average Bonchev–Trinajstić information content (AvgIpc) is 2.69. The highest BCUT2D eigenvalue weighted by molar-refractivity contribution is 7.80. The van der Waals surface area contributed by atoms with Gasteiger partial charge in [-0.25, -0.2) is 28.5 Å². The zero-order valence-corrected chi connectivity index (χ0v) is 17.2. The summed E-state index contributed by atoms with van der Waals surface area (Å²) in [5.74, 6) is -2.83. The number of amides is 4. The predicted octanol–water partition coefficient (Wildman–Crippen LogP) is 1.71. The average molecular weight is 450 g/mol. The van der Waals surface area contributed by atoms with Crippen LogP contribution in [0.3, 0.4) is 0 Å². The molecule has 29 heavy (non-hydrogen) atoms. The van der Waals surface area contributed by atoms with Crippen LogP contribution < -0.4 is 9.64 Å². The number of urea groups is 2. The van der Waals surface area contributed by atoms with Crippen molar-refractivity contribution < 1.29 is 37.8 Å². The topological polar surface area (TPSA) is 106 Å². The minimum atomic E-state index is -0.961. The van der Waals surface area contributed by atoms with E-state index < -0.39 is 54.2 Å². The van der Waals surface area contributed by atoms with Gasteiger partial charge in [-0.15, -0.1) is 12.6 Å². The van der Waals surface area contributed by atoms with Crippen LogP contribution in [0.25, 0.3) is 0 Å². The van der Waals surface area contributed by atoms with Crippen molar-refractivity contribution in [1.82, 2.24) is 9.80 Å². The Kier molecular flexibility index (Phi) is 7.14. The van der Waals surface area contributed by atoms with Crippen molar-refractivity contribution in [3.8, 4) is 5.75 Å². The summed E-state index contributed by atoms with van der Waals surface area (Å²) in [4.78, 5) is 50.3. The summed E-state index contributed by atoms with van der Waals surface area (Å²) in [6, 6.07) is 0.191. The number of anilines is 1. The van der Waals surface area contributed by atoms with Crippen molar-refractivity contribution in [2.75, 3.05) is 39.3 Å². The van der Waals surface area contributed by atoms with Crippen LogP contribution in [0.2, 0.25) is 5.02 Å². The fourth-order valence-electron chi connectivity index (χ4n) is 2.24. The fourth-order valence-corrected chi connectivity index (χ4v) is 2.64. The molecule has 10 nitrogen and oxygen atoms in total. The molecule has 0 N–H and O–H groups in total. The van der Waals surface area contributed by atoms with Gasteiger partial charge in [0.15, 0.2) is 18.7 Å². The van der Waals surface area contributed by atoms with Gasteiger partial charge in [-0.05, 0) is 6.07 Å². The summed E-state index contributed by atoms with van der Waals surface area (Å²) >= 11 is 10.1. The van der Waals surface area contributed by atoms with E-state index in [9.17, 15) is 23.6 Å². The Morgan fingerprint density at radius 2 is 1.72 bits per heavy atom. The largest absolute Gasteiger partial charge is 0.480 e. The predicted molar refractivity (Wildman–Crippen MR) is 101 cm³/mol. The van der Waals surface area contributed by atoms with E-state index in [2.05, 4.69) is 22.1 Å². The van der Waals surface area contributed by atoms with E-state index in [0.717, 1.165) is 29.0 Å². The second kappa shape index (κ2) is 9.18. The molecule has 0 radical (unpaired) electrons. The Morgan fingerprint density at radius 1 is 1.14 bits per heavy atom. The Labute approximate surface area is 175 Å². The maximum absolute atomic E-state index is 14.5. The number of thiol groups is 1. The van der Waals surface area contributed by atoms with Crippen LogP contribution in [0.15, 0.2) is 12.1 Å². The molecule has 0 saturated carbocycles. The highest BCUT2D eigenvalue weighted by atomic mass is 35.5. The van der Waals surface area contributed by atoms with Gasteiger partial charge in [0.2, 0.25) is 0 Å². The number of methoxy groups -OCH3 is 1. The quantitative estimate of drug-likeness (QED) is 0.520. The molecule has 13 heteroatoms. The Balaban J connectivity index is 2.23. The van der Waals surface area contributed by atoms with Gasteiger partial charge in [-0.2, -0.15) is 0 Å². The lowest BCUT2D eigenvalue weighted by Crippen LogP contribution is -2.62. The summed E-state index contributed by atoms with van der Waals surface area (Å²) in [5.41, 5.74) is -1.26. The third kappa shape index (κ3) is 4.82. The first-order valence-electron chi connectivity index (χ1n) is 7.94. The van der Waals surface area contributed by atoms with Crippen LogP contribution in [0.1, 0.15) is 0 Å². The number of hydrogen-bond donors (Lipinski definition) is 1. The van der Waals surface area contributed by atoms with Crippen molar-refractivity contribution in [2.45, 2.75) is 5.50 Å². The van der Waals surface area contributed by atoms with Crippen LogP contribution in [-0.4, -0.2) is 73.7 Å². The van der Waals surface area contributed by atoms with E-state index in [-0.39, 0.29) is 10.8 Å². The molecule has 0 unspecified atom stereocenters. The second-order valence-electron chi connectivity index (χ2n) is 5.73. The van der Waals surface area contributed by atoms with Crippen molar-refractivity contribution in [1.29, 1.82) is 0 Å². The van der Waals surface area contributed by atoms with Gasteiger partial charge >= 0.3 is 24.0 Å². The normalized spacial score (nSPS) is 14.9. The van der Waals surface area contributed by atoms with Gasteiger partial charge in [-0.1, -0.05) is 11.6 Å². The molecule has 1 aromatic carbocycles. The summed E-state index contributed by atoms with van der Waals surface area (Å²) < 4.78 is 28.6. The Morgan fingerprint density at radius 3 is 2.28 bits per heavy atom. The number of nitrogens with zero attached hydrogens (tertiary/aromatic N) is 3. The highest BCUT2D eigenvalue weighted by Crippen LogP contribution is 2.35. The van der Waals surface area contributed by atoms with Crippen LogP contribution in [0, 0.1) is 5.82 Å². The number of carbonyl (C=O) groups excluding carboxylic acids is 4. The molecular formula is C16H17ClFN3O7S. The summed E-state index contributed by atoms with van der Waals surface area (Å²) in [5, 5.41) is -0.210. The van der Waals surface area contributed by atoms with E-state index in [1.807, 2.05) is 0 Å². The number of imide groups is 1. The van der Waals surface area contributed by atoms with Gasteiger partial charge in [0.25, 0.3) is 0 Å². The number of esters is 2. The van der Waals surface area contributed by atoms with Gasteiger partial charge < -0.3 is 14.2 Å². The number of rotatable bonds is 6. The molecule has 1 aliphatic rings. The summed E-state index contributed by atoms with van der Waals surface area (Å²) in [7, 11) is 3.90. The number of benzene rings is 1. The van der Waals surface area contributed by atoms with Gasteiger partial charge in [0, 0.05) is 20.2 Å². The SMILES string of the molecule is COC(=O)COC(=O)COc1cc(N2C(=O)N(C)C(S)N(C)C2=O)c(F)cc1Cl. The smallest absolute Gasteiger partial charge is 0.344 e. The molecular weight excluding hydrogens is 433 g/mol. The standard InChI is InChI=1S/C16H17ClFN3O7S/c1-19-14(24)21(15(25)20(2)16(19)29)10-5-11(8(17)4-9(10)18)27-7-13(23)28-6-12(22)26-3/h4-5,16,29H,6-7H2,1-3H3. The second-order valence-corrected chi connectivity index (χ2v) is 6.60. The minimum absolute atomic E-state index is 0.183. The molecule has 0 spiro atoms. The Hall–Kier alpha value is -2.73. The van der Waals surface area contributed by atoms with Crippen LogP contribution >= 0.6 is 24.2 Å².